The van der Waals surface area contributed by atoms with Gasteiger partial charge >= 0.3 is 5.97 Å². The monoisotopic (exact) mass is 246 g/mol. The second-order valence-corrected chi connectivity index (χ2v) is 5.37. The van der Waals surface area contributed by atoms with Crippen LogP contribution in [0.3, 0.4) is 0 Å². The summed E-state index contributed by atoms with van der Waals surface area (Å²) in [5.74, 6) is 0.210. The molecule has 0 amide bonds. The third-order valence-electron chi connectivity index (χ3n) is 4.33. The number of carbonyl (C=O) groups is 1. The number of aliphatic carboxylic acids is 1. The summed E-state index contributed by atoms with van der Waals surface area (Å²) >= 11 is 0. The zero-order chi connectivity index (χ0) is 12.6. The third kappa shape index (κ3) is 1.69. The summed E-state index contributed by atoms with van der Waals surface area (Å²) in [7, 11) is 0. The average molecular weight is 246 g/mol. The van der Waals surface area contributed by atoms with E-state index in [0.717, 1.165) is 56.4 Å². The first-order chi connectivity index (χ1) is 8.72. The molecule has 0 spiro atoms. The van der Waals surface area contributed by atoms with Gasteiger partial charge < -0.3 is 9.84 Å². The first-order valence-electron chi connectivity index (χ1n) is 6.72. The van der Waals surface area contributed by atoms with Gasteiger partial charge in [0.05, 0.1) is 12.0 Å². The molecule has 1 aliphatic heterocycles. The SMILES string of the molecule is O=C(O)C1(c2ccc3c(c2)OCCC3)CCCC1. The molecule has 96 valence electrons. The van der Waals surface area contributed by atoms with E-state index >= 15 is 0 Å². The van der Waals surface area contributed by atoms with Crippen LogP contribution in [0.15, 0.2) is 18.2 Å². The fourth-order valence-corrected chi connectivity index (χ4v) is 3.24. The van der Waals surface area contributed by atoms with Gasteiger partial charge in [-0.05, 0) is 42.9 Å². The van der Waals surface area contributed by atoms with Crippen molar-refractivity contribution < 1.29 is 14.6 Å². The molecular formula is C15H18O3. The Bertz CT molecular complexity index is 473. The van der Waals surface area contributed by atoms with Crippen molar-refractivity contribution in [1.29, 1.82) is 0 Å². The zero-order valence-corrected chi connectivity index (χ0v) is 10.4. The van der Waals surface area contributed by atoms with Crippen molar-refractivity contribution in [3.8, 4) is 5.75 Å². The molecule has 3 nitrogen and oxygen atoms in total. The number of fused-ring (bicyclic) bond motifs is 1. The van der Waals surface area contributed by atoms with E-state index in [9.17, 15) is 9.90 Å². The van der Waals surface area contributed by atoms with Gasteiger partial charge in [0, 0.05) is 0 Å². The molecule has 1 N–H and O–H groups in total. The van der Waals surface area contributed by atoms with Gasteiger partial charge in [0.15, 0.2) is 0 Å². The Morgan fingerprint density at radius 3 is 2.72 bits per heavy atom. The molecule has 0 unspecified atom stereocenters. The molecule has 1 heterocycles. The summed E-state index contributed by atoms with van der Waals surface area (Å²) in [6.07, 6.45) is 5.60. The topological polar surface area (TPSA) is 46.5 Å². The van der Waals surface area contributed by atoms with Crippen molar-refractivity contribution in [2.24, 2.45) is 0 Å². The predicted octanol–water partition coefficient (Wildman–Crippen LogP) is 2.91. The van der Waals surface area contributed by atoms with E-state index < -0.39 is 11.4 Å². The van der Waals surface area contributed by atoms with Crippen molar-refractivity contribution in [3.63, 3.8) is 0 Å². The minimum atomic E-state index is -0.684. The van der Waals surface area contributed by atoms with Crippen molar-refractivity contribution >= 4 is 5.97 Å². The molecule has 1 aromatic carbocycles. The average Bonchev–Trinajstić information content (AvgIpc) is 2.89. The Morgan fingerprint density at radius 1 is 1.22 bits per heavy atom. The van der Waals surface area contributed by atoms with Gasteiger partial charge in [0.25, 0.3) is 0 Å². The second-order valence-electron chi connectivity index (χ2n) is 5.37. The van der Waals surface area contributed by atoms with E-state index in [1.807, 2.05) is 18.2 Å². The lowest BCUT2D eigenvalue weighted by Gasteiger charge is -2.26. The van der Waals surface area contributed by atoms with Crippen LogP contribution in [0.4, 0.5) is 0 Å². The Balaban J connectivity index is 2.02. The molecule has 0 bridgehead atoms. The number of hydrogen-bond donors (Lipinski definition) is 1. The van der Waals surface area contributed by atoms with E-state index in [1.54, 1.807) is 0 Å². The number of carboxylic acids is 1. The highest BCUT2D eigenvalue weighted by Crippen LogP contribution is 2.43. The predicted molar refractivity (Wildman–Crippen MR) is 68.0 cm³/mol. The standard InChI is InChI=1S/C15H18O3/c16-14(17)15(7-1-2-8-15)12-6-5-11-4-3-9-18-13(11)10-12/h5-6,10H,1-4,7-9H2,(H,16,17). The van der Waals surface area contributed by atoms with Crippen LogP contribution in [0.1, 0.15) is 43.2 Å². The number of ether oxygens (including phenoxy) is 1. The van der Waals surface area contributed by atoms with Gasteiger partial charge in [-0.25, -0.2) is 0 Å². The third-order valence-corrected chi connectivity index (χ3v) is 4.33. The maximum atomic E-state index is 11.7. The van der Waals surface area contributed by atoms with E-state index in [2.05, 4.69) is 0 Å². The normalized spacial score (nSPS) is 21.1. The summed E-state index contributed by atoms with van der Waals surface area (Å²) < 4.78 is 5.66. The first-order valence-corrected chi connectivity index (χ1v) is 6.72. The van der Waals surface area contributed by atoms with E-state index in [0.29, 0.717) is 0 Å². The number of benzene rings is 1. The summed E-state index contributed by atoms with van der Waals surface area (Å²) in [5, 5.41) is 9.58. The van der Waals surface area contributed by atoms with Gasteiger partial charge in [-0.1, -0.05) is 25.0 Å². The lowest BCUT2D eigenvalue weighted by atomic mass is 9.78. The minimum absolute atomic E-state index is 0.671. The summed E-state index contributed by atoms with van der Waals surface area (Å²) in [6, 6.07) is 6.01. The molecule has 2 aliphatic rings. The minimum Gasteiger partial charge on any atom is -0.493 e. The van der Waals surface area contributed by atoms with Crippen LogP contribution in [-0.2, 0) is 16.6 Å². The Morgan fingerprint density at radius 2 is 2.00 bits per heavy atom. The van der Waals surface area contributed by atoms with Gasteiger partial charge in [0.1, 0.15) is 5.75 Å². The quantitative estimate of drug-likeness (QED) is 0.872. The van der Waals surface area contributed by atoms with Crippen molar-refractivity contribution in [1.82, 2.24) is 0 Å². The number of rotatable bonds is 2. The smallest absolute Gasteiger partial charge is 0.314 e. The molecule has 0 saturated heterocycles. The van der Waals surface area contributed by atoms with Gasteiger partial charge in [0.2, 0.25) is 0 Å². The Kier molecular flexibility index (Phi) is 2.77. The van der Waals surface area contributed by atoms with Crippen LogP contribution in [0, 0.1) is 0 Å². The summed E-state index contributed by atoms with van der Waals surface area (Å²) in [4.78, 5) is 11.7. The lowest BCUT2D eigenvalue weighted by molar-refractivity contribution is -0.143. The van der Waals surface area contributed by atoms with Crippen LogP contribution >= 0.6 is 0 Å². The fourth-order valence-electron chi connectivity index (χ4n) is 3.24. The number of hydrogen-bond acceptors (Lipinski definition) is 2. The summed E-state index contributed by atoms with van der Waals surface area (Å²) in [6.45, 7) is 0.747. The Labute approximate surface area is 107 Å². The highest BCUT2D eigenvalue weighted by molar-refractivity contribution is 5.82. The molecule has 0 atom stereocenters. The fraction of sp³-hybridized carbons (Fsp3) is 0.533. The van der Waals surface area contributed by atoms with Crippen molar-refractivity contribution in [2.75, 3.05) is 6.61 Å². The van der Waals surface area contributed by atoms with Gasteiger partial charge in [-0.3, -0.25) is 4.79 Å². The zero-order valence-electron chi connectivity index (χ0n) is 10.4. The highest BCUT2D eigenvalue weighted by Gasteiger charge is 2.43. The highest BCUT2D eigenvalue weighted by atomic mass is 16.5. The van der Waals surface area contributed by atoms with Crippen LogP contribution < -0.4 is 4.74 Å². The molecule has 1 aliphatic carbocycles. The van der Waals surface area contributed by atoms with Crippen LogP contribution in [0.5, 0.6) is 5.75 Å². The maximum absolute atomic E-state index is 11.7. The molecule has 1 fully saturated rings. The van der Waals surface area contributed by atoms with Crippen molar-refractivity contribution in [2.45, 2.75) is 43.9 Å². The molecule has 0 radical (unpaired) electrons. The van der Waals surface area contributed by atoms with Crippen molar-refractivity contribution in [3.05, 3.63) is 29.3 Å². The van der Waals surface area contributed by atoms with Crippen LogP contribution in [0.25, 0.3) is 0 Å². The first kappa shape index (κ1) is 11.6. The molecule has 3 rings (SSSR count). The number of aryl methyl sites for hydroxylation is 1. The van der Waals surface area contributed by atoms with E-state index in [4.69, 9.17) is 4.74 Å². The molecule has 1 aromatic rings. The number of carboxylic acid groups (broad SMARTS) is 1. The summed E-state index contributed by atoms with van der Waals surface area (Å²) in [5.41, 5.74) is 1.47. The van der Waals surface area contributed by atoms with E-state index in [-0.39, 0.29) is 0 Å². The molecular weight excluding hydrogens is 228 g/mol. The van der Waals surface area contributed by atoms with Gasteiger partial charge in [-0.15, -0.1) is 0 Å². The van der Waals surface area contributed by atoms with Crippen LogP contribution in [0.2, 0.25) is 0 Å². The molecule has 3 heteroatoms. The molecule has 0 aromatic heterocycles. The van der Waals surface area contributed by atoms with E-state index in [1.165, 1.54) is 5.56 Å². The molecule has 1 saturated carbocycles. The second kappa shape index (κ2) is 4.30. The van der Waals surface area contributed by atoms with Crippen LogP contribution in [-0.4, -0.2) is 17.7 Å². The Hall–Kier alpha value is -1.51. The maximum Gasteiger partial charge on any atom is 0.314 e. The van der Waals surface area contributed by atoms with Gasteiger partial charge in [-0.2, -0.15) is 0 Å². The molecule has 18 heavy (non-hydrogen) atoms. The lowest BCUT2D eigenvalue weighted by Crippen LogP contribution is -2.32. The largest absolute Gasteiger partial charge is 0.493 e.